The van der Waals surface area contributed by atoms with Gasteiger partial charge in [-0.3, -0.25) is 4.79 Å². The van der Waals surface area contributed by atoms with Crippen molar-refractivity contribution in [3.63, 3.8) is 0 Å². The van der Waals surface area contributed by atoms with E-state index in [1.54, 1.807) is 11.8 Å². The van der Waals surface area contributed by atoms with Gasteiger partial charge in [-0.1, -0.05) is 29.8 Å². The number of esters is 1. The van der Waals surface area contributed by atoms with Crippen LogP contribution in [-0.4, -0.2) is 18.3 Å². The van der Waals surface area contributed by atoms with Crippen molar-refractivity contribution in [1.82, 2.24) is 0 Å². The van der Waals surface area contributed by atoms with Crippen LogP contribution in [0.15, 0.2) is 24.3 Å². The molecule has 0 N–H and O–H groups in total. The summed E-state index contributed by atoms with van der Waals surface area (Å²) in [5.74, 6) is 1.69. The summed E-state index contributed by atoms with van der Waals surface area (Å²) in [5.41, 5.74) is 2.59. The fraction of sp³-hybridized carbons (Fsp3) is 0.462. The highest BCUT2D eigenvalue weighted by atomic mass is 32.2. The topological polar surface area (TPSA) is 26.3 Å². The van der Waals surface area contributed by atoms with Gasteiger partial charge >= 0.3 is 5.97 Å². The Bertz CT molecular complexity index is 336. The van der Waals surface area contributed by atoms with Crippen LogP contribution in [0.3, 0.4) is 0 Å². The summed E-state index contributed by atoms with van der Waals surface area (Å²) in [4.78, 5) is 11.1. The van der Waals surface area contributed by atoms with E-state index in [1.165, 1.54) is 11.1 Å². The molecule has 0 unspecified atom stereocenters. The molecule has 0 spiro atoms. The molecule has 0 heterocycles. The average Bonchev–Trinajstić information content (AvgIpc) is 2.25. The lowest BCUT2D eigenvalue weighted by Crippen LogP contribution is -2.04. The Kier molecular flexibility index (Phi) is 6.01. The zero-order chi connectivity index (χ0) is 11.8. The number of thioether (sulfide) groups is 1. The van der Waals surface area contributed by atoms with E-state index in [-0.39, 0.29) is 5.97 Å². The van der Waals surface area contributed by atoms with Gasteiger partial charge in [0.25, 0.3) is 0 Å². The highest BCUT2D eigenvalue weighted by Gasteiger charge is 2.01. The highest BCUT2D eigenvalue weighted by Crippen LogP contribution is 2.14. The number of carbonyl (C=O) groups excluding carboxylic acids is 1. The first-order valence-corrected chi connectivity index (χ1v) is 6.66. The molecule has 16 heavy (non-hydrogen) atoms. The highest BCUT2D eigenvalue weighted by molar-refractivity contribution is 7.98. The minimum atomic E-state index is -0.0979. The van der Waals surface area contributed by atoms with Crippen molar-refractivity contribution in [3.05, 3.63) is 35.4 Å². The number of hydrogen-bond donors (Lipinski definition) is 0. The summed E-state index contributed by atoms with van der Waals surface area (Å²) in [6.07, 6.45) is 0.504. The molecule has 0 aliphatic carbocycles. The largest absolute Gasteiger partial charge is 0.466 e. The van der Waals surface area contributed by atoms with Gasteiger partial charge in [0.1, 0.15) is 0 Å². The normalized spacial score (nSPS) is 10.1. The Balaban J connectivity index is 2.18. The van der Waals surface area contributed by atoms with Crippen LogP contribution in [0, 0.1) is 6.92 Å². The molecule has 3 heteroatoms. The zero-order valence-corrected chi connectivity index (χ0v) is 10.7. The Hall–Kier alpha value is -0.960. The predicted molar refractivity (Wildman–Crippen MR) is 68.6 cm³/mol. The molecular weight excluding hydrogens is 220 g/mol. The molecule has 0 bridgehead atoms. The van der Waals surface area contributed by atoms with Crippen molar-refractivity contribution >= 4 is 17.7 Å². The van der Waals surface area contributed by atoms with Gasteiger partial charge in [0.2, 0.25) is 0 Å². The van der Waals surface area contributed by atoms with Gasteiger partial charge in [-0.2, -0.15) is 11.8 Å². The number of rotatable bonds is 6. The Labute approximate surface area is 101 Å². The molecule has 0 atom stereocenters. The Morgan fingerprint density at radius 2 is 2.25 bits per heavy atom. The molecule has 1 rings (SSSR count). The molecule has 0 radical (unpaired) electrons. The summed E-state index contributed by atoms with van der Waals surface area (Å²) in [6, 6.07) is 8.45. The fourth-order valence-corrected chi connectivity index (χ4v) is 2.25. The first-order chi connectivity index (χ1) is 7.72. The minimum absolute atomic E-state index is 0.0979. The number of hydrogen-bond acceptors (Lipinski definition) is 3. The summed E-state index contributed by atoms with van der Waals surface area (Å²) < 4.78 is 4.86. The number of aryl methyl sites for hydroxylation is 1. The lowest BCUT2D eigenvalue weighted by Gasteiger charge is -2.03. The van der Waals surface area contributed by atoms with Crippen LogP contribution in [0.25, 0.3) is 0 Å². The van der Waals surface area contributed by atoms with Gasteiger partial charge in [0.05, 0.1) is 13.0 Å². The summed E-state index contributed by atoms with van der Waals surface area (Å²) in [7, 11) is 0. The number of ether oxygens (including phenoxy) is 1. The maximum atomic E-state index is 11.1. The van der Waals surface area contributed by atoms with Crippen molar-refractivity contribution in [1.29, 1.82) is 0 Å². The van der Waals surface area contributed by atoms with Crippen molar-refractivity contribution < 1.29 is 9.53 Å². The molecule has 88 valence electrons. The quantitative estimate of drug-likeness (QED) is 0.562. The fourth-order valence-electron chi connectivity index (χ4n) is 1.38. The Morgan fingerprint density at radius 3 is 2.94 bits per heavy atom. The molecular formula is C13H18O2S. The van der Waals surface area contributed by atoms with E-state index >= 15 is 0 Å². The maximum Gasteiger partial charge on any atom is 0.306 e. The van der Waals surface area contributed by atoms with E-state index in [9.17, 15) is 4.79 Å². The van der Waals surface area contributed by atoms with E-state index in [0.717, 1.165) is 11.5 Å². The Morgan fingerprint density at radius 1 is 1.44 bits per heavy atom. The summed E-state index contributed by atoms with van der Waals surface area (Å²) in [6.45, 7) is 4.39. The molecule has 0 aliphatic rings. The second-order valence-corrected chi connectivity index (χ2v) is 4.70. The molecule has 0 amide bonds. The SMILES string of the molecule is CCOC(=O)CCSCc1cccc(C)c1. The van der Waals surface area contributed by atoms with Crippen LogP contribution in [0.2, 0.25) is 0 Å². The van der Waals surface area contributed by atoms with Gasteiger partial charge in [-0.25, -0.2) is 0 Å². The zero-order valence-electron chi connectivity index (χ0n) is 9.86. The van der Waals surface area contributed by atoms with Gasteiger partial charge in [0.15, 0.2) is 0 Å². The lowest BCUT2D eigenvalue weighted by atomic mass is 10.2. The van der Waals surface area contributed by atoms with Crippen LogP contribution >= 0.6 is 11.8 Å². The number of benzene rings is 1. The molecule has 2 nitrogen and oxygen atoms in total. The second kappa shape index (κ2) is 7.34. The first-order valence-electron chi connectivity index (χ1n) is 5.51. The average molecular weight is 238 g/mol. The number of carbonyl (C=O) groups is 1. The summed E-state index contributed by atoms with van der Waals surface area (Å²) in [5, 5.41) is 0. The molecule has 0 fully saturated rings. The lowest BCUT2D eigenvalue weighted by molar-refractivity contribution is -0.142. The third-order valence-electron chi connectivity index (χ3n) is 2.11. The molecule has 0 aliphatic heterocycles. The molecule has 1 aromatic rings. The van der Waals surface area contributed by atoms with Crippen molar-refractivity contribution in [2.45, 2.75) is 26.0 Å². The van der Waals surface area contributed by atoms with Crippen LogP contribution in [0.5, 0.6) is 0 Å². The molecule has 0 aromatic heterocycles. The van der Waals surface area contributed by atoms with Crippen LogP contribution in [-0.2, 0) is 15.3 Å². The maximum absolute atomic E-state index is 11.1. The van der Waals surface area contributed by atoms with Crippen molar-refractivity contribution in [3.8, 4) is 0 Å². The first kappa shape index (κ1) is 13.1. The van der Waals surface area contributed by atoms with Crippen LogP contribution in [0.1, 0.15) is 24.5 Å². The molecule has 0 saturated heterocycles. The second-order valence-electron chi connectivity index (χ2n) is 3.60. The minimum Gasteiger partial charge on any atom is -0.466 e. The smallest absolute Gasteiger partial charge is 0.306 e. The van der Waals surface area contributed by atoms with Gasteiger partial charge in [-0.15, -0.1) is 0 Å². The van der Waals surface area contributed by atoms with E-state index in [4.69, 9.17) is 4.74 Å². The van der Waals surface area contributed by atoms with Gasteiger partial charge in [-0.05, 0) is 19.4 Å². The summed E-state index contributed by atoms with van der Waals surface area (Å²) >= 11 is 1.77. The van der Waals surface area contributed by atoms with E-state index < -0.39 is 0 Å². The predicted octanol–water partition coefficient (Wildman–Crippen LogP) is 3.18. The van der Waals surface area contributed by atoms with E-state index in [1.807, 2.05) is 6.92 Å². The molecule has 1 aromatic carbocycles. The van der Waals surface area contributed by atoms with Gasteiger partial charge < -0.3 is 4.74 Å². The van der Waals surface area contributed by atoms with Crippen molar-refractivity contribution in [2.24, 2.45) is 0 Å². The third kappa shape index (κ3) is 5.21. The van der Waals surface area contributed by atoms with E-state index in [0.29, 0.717) is 13.0 Å². The monoisotopic (exact) mass is 238 g/mol. The van der Waals surface area contributed by atoms with Crippen molar-refractivity contribution in [2.75, 3.05) is 12.4 Å². The van der Waals surface area contributed by atoms with Crippen LogP contribution in [0.4, 0.5) is 0 Å². The van der Waals surface area contributed by atoms with Crippen LogP contribution < -0.4 is 0 Å². The van der Waals surface area contributed by atoms with E-state index in [2.05, 4.69) is 31.2 Å². The third-order valence-corrected chi connectivity index (χ3v) is 3.14. The van der Waals surface area contributed by atoms with Gasteiger partial charge in [0, 0.05) is 11.5 Å². The molecule has 0 saturated carbocycles. The standard InChI is InChI=1S/C13H18O2S/c1-3-15-13(14)7-8-16-10-12-6-4-5-11(2)9-12/h4-6,9H,3,7-8,10H2,1-2H3.